The van der Waals surface area contributed by atoms with Gasteiger partial charge in [0.05, 0.1) is 12.2 Å². The smallest absolute Gasteiger partial charge is 0.123 e. The fraction of sp³-hybridized carbons (Fsp3) is 0.182. The van der Waals surface area contributed by atoms with Crippen LogP contribution in [0.15, 0.2) is 36.7 Å². The normalized spacial score (nSPS) is 11.9. The molecule has 0 radical (unpaired) electrons. The molecule has 1 aromatic heterocycles. The van der Waals surface area contributed by atoms with E-state index in [4.69, 9.17) is 5.73 Å². The molecule has 0 aliphatic rings. The predicted molar refractivity (Wildman–Crippen MR) is 62.9 cm³/mol. The summed E-state index contributed by atoms with van der Waals surface area (Å²) in [5.74, 6) is -0.271. The highest BCUT2D eigenvalue weighted by Crippen LogP contribution is 2.19. The van der Waals surface area contributed by atoms with Crippen LogP contribution in [0.25, 0.3) is 0 Å². The lowest BCUT2D eigenvalue weighted by Gasteiger charge is -2.09. The Labute approximate surface area is 99.5 Å². The van der Waals surface area contributed by atoms with Crippen LogP contribution >= 0.6 is 12.4 Å². The first-order chi connectivity index (χ1) is 7.16. The van der Waals surface area contributed by atoms with E-state index in [0.717, 1.165) is 11.1 Å². The van der Waals surface area contributed by atoms with Crippen LogP contribution in [0, 0.1) is 5.82 Å². The van der Waals surface area contributed by atoms with E-state index < -0.39 is 0 Å². The number of hydrogen-bond acceptors (Lipinski definition) is 2. The highest BCUT2D eigenvalue weighted by molar-refractivity contribution is 5.85. The maximum atomic E-state index is 13.0. The largest absolute Gasteiger partial charge is 0.320 e. The van der Waals surface area contributed by atoms with Crippen LogP contribution in [0.4, 0.5) is 4.39 Å². The topological polar surface area (TPSA) is 43.8 Å². The Morgan fingerprint density at radius 2 is 2.12 bits per heavy atom. The SMILES string of the molecule is Cl.Cn1cc([C@@H](N)c2cccc(F)c2)cn1. The molecule has 5 heteroatoms. The fourth-order valence-corrected chi connectivity index (χ4v) is 1.49. The van der Waals surface area contributed by atoms with Crippen LogP contribution in [0.5, 0.6) is 0 Å². The summed E-state index contributed by atoms with van der Waals surface area (Å²) in [4.78, 5) is 0. The minimum Gasteiger partial charge on any atom is -0.320 e. The third kappa shape index (κ3) is 2.59. The zero-order chi connectivity index (χ0) is 10.8. The molecule has 16 heavy (non-hydrogen) atoms. The van der Waals surface area contributed by atoms with E-state index in [1.165, 1.54) is 12.1 Å². The van der Waals surface area contributed by atoms with Gasteiger partial charge in [0.2, 0.25) is 0 Å². The second-order valence-corrected chi connectivity index (χ2v) is 3.48. The zero-order valence-corrected chi connectivity index (χ0v) is 9.62. The molecular formula is C11H13ClFN3. The van der Waals surface area contributed by atoms with Gasteiger partial charge in [0, 0.05) is 18.8 Å². The Kier molecular flexibility index (Phi) is 4.04. The van der Waals surface area contributed by atoms with Gasteiger partial charge >= 0.3 is 0 Å². The summed E-state index contributed by atoms with van der Waals surface area (Å²) in [5.41, 5.74) is 7.61. The Hall–Kier alpha value is -1.39. The van der Waals surface area contributed by atoms with Gasteiger partial charge in [-0.15, -0.1) is 12.4 Å². The number of hydrogen-bond donors (Lipinski definition) is 1. The molecule has 0 aliphatic heterocycles. The highest BCUT2D eigenvalue weighted by atomic mass is 35.5. The Bertz CT molecular complexity index is 470. The molecule has 0 saturated carbocycles. The molecule has 0 bridgehead atoms. The molecule has 0 fully saturated rings. The van der Waals surface area contributed by atoms with Crippen LogP contribution in [0.3, 0.4) is 0 Å². The number of rotatable bonds is 2. The molecule has 1 heterocycles. The predicted octanol–water partition coefficient (Wildman–Crippen LogP) is 2.03. The van der Waals surface area contributed by atoms with Crippen molar-refractivity contribution in [2.75, 3.05) is 0 Å². The van der Waals surface area contributed by atoms with E-state index in [2.05, 4.69) is 5.10 Å². The van der Waals surface area contributed by atoms with Crippen molar-refractivity contribution in [2.24, 2.45) is 12.8 Å². The molecule has 0 saturated heterocycles. The second-order valence-electron chi connectivity index (χ2n) is 3.48. The fourth-order valence-electron chi connectivity index (χ4n) is 1.49. The van der Waals surface area contributed by atoms with E-state index in [1.54, 1.807) is 23.0 Å². The van der Waals surface area contributed by atoms with E-state index >= 15 is 0 Å². The van der Waals surface area contributed by atoms with E-state index in [9.17, 15) is 4.39 Å². The van der Waals surface area contributed by atoms with Crippen molar-refractivity contribution >= 4 is 12.4 Å². The Morgan fingerprint density at radius 1 is 1.38 bits per heavy atom. The first-order valence-corrected chi connectivity index (χ1v) is 4.66. The minimum absolute atomic E-state index is 0. The number of benzene rings is 1. The second kappa shape index (κ2) is 5.09. The van der Waals surface area contributed by atoms with E-state index in [1.807, 2.05) is 13.2 Å². The van der Waals surface area contributed by atoms with Gasteiger partial charge in [-0.05, 0) is 17.7 Å². The molecule has 2 rings (SSSR count). The molecule has 0 aliphatic carbocycles. The average molecular weight is 242 g/mol. The minimum atomic E-state index is -0.325. The van der Waals surface area contributed by atoms with Gasteiger partial charge in [-0.25, -0.2) is 4.39 Å². The van der Waals surface area contributed by atoms with Crippen LogP contribution in [-0.2, 0) is 7.05 Å². The van der Waals surface area contributed by atoms with Crippen molar-refractivity contribution in [1.82, 2.24) is 9.78 Å². The molecule has 3 nitrogen and oxygen atoms in total. The number of halogens is 2. The van der Waals surface area contributed by atoms with Crippen molar-refractivity contribution in [1.29, 1.82) is 0 Å². The van der Waals surface area contributed by atoms with Gasteiger partial charge in [0.15, 0.2) is 0 Å². The van der Waals surface area contributed by atoms with Crippen molar-refractivity contribution in [3.63, 3.8) is 0 Å². The van der Waals surface area contributed by atoms with Gasteiger partial charge in [0.25, 0.3) is 0 Å². The zero-order valence-electron chi connectivity index (χ0n) is 8.80. The maximum Gasteiger partial charge on any atom is 0.123 e. The molecule has 2 aromatic rings. The molecule has 1 aromatic carbocycles. The molecule has 0 amide bonds. The van der Waals surface area contributed by atoms with Crippen molar-refractivity contribution < 1.29 is 4.39 Å². The molecule has 2 N–H and O–H groups in total. The number of nitrogens with two attached hydrogens (primary N) is 1. The van der Waals surface area contributed by atoms with Gasteiger partial charge in [-0.1, -0.05) is 12.1 Å². The summed E-state index contributed by atoms with van der Waals surface area (Å²) in [6, 6.07) is 5.98. The van der Waals surface area contributed by atoms with Gasteiger partial charge in [-0.3, -0.25) is 4.68 Å². The quantitative estimate of drug-likeness (QED) is 0.874. The molecular weight excluding hydrogens is 229 g/mol. The third-order valence-corrected chi connectivity index (χ3v) is 2.29. The molecule has 1 atom stereocenters. The first kappa shape index (κ1) is 12.7. The van der Waals surface area contributed by atoms with Crippen molar-refractivity contribution in [3.05, 3.63) is 53.6 Å². The summed E-state index contributed by atoms with van der Waals surface area (Å²) in [7, 11) is 1.82. The lowest BCUT2D eigenvalue weighted by atomic mass is 10.0. The van der Waals surface area contributed by atoms with Crippen LogP contribution in [-0.4, -0.2) is 9.78 Å². The molecule has 0 unspecified atom stereocenters. The standard InChI is InChI=1S/C11H12FN3.ClH/c1-15-7-9(6-14-15)11(13)8-3-2-4-10(12)5-8;/h2-7,11H,13H2,1H3;1H/t11-;/m0./s1. The van der Waals surface area contributed by atoms with Gasteiger partial charge in [-0.2, -0.15) is 5.10 Å². The number of aromatic nitrogens is 2. The summed E-state index contributed by atoms with van der Waals surface area (Å²) >= 11 is 0. The van der Waals surface area contributed by atoms with Crippen LogP contribution in [0.1, 0.15) is 17.2 Å². The van der Waals surface area contributed by atoms with Gasteiger partial charge < -0.3 is 5.73 Å². The third-order valence-electron chi connectivity index (χ3n) is 2.29. The van der Waals surface area contributed by atoms with E-state index in [-0.39, 0.29) is 24.3 Å². The number of nitrogens with zero attached hydrogens (tertiary/aromatic N) is 2. The summed E-state index contributed by atoms with van der Waals surface area (Å²) < 4.78 is 14.6. The van der Waals surface area contributed by atoms with Crippen molar-refractivity contribution in [3.8, 4) is 0 Å². The van der Waals surface area contributed by atoms with Crippen LogP contribution in [0.2, 0.25) is 0 Å². The first-order valence-electron chi connectivity index (χ1n) is 4.66. The Morgan fingerprint density at radius 3 is 2.69 bits per heavy atom. The summed E-state index contributed by atoms with van der Waals surface area (Å²) in [5, 5.41) is 4.03. The monoisotopic (exact) mass is 241 g/mol. The summed E-state index contributed by atoms with van der Waals surface area (Å²) in [6.45, 7) is 0. The van der Waals surface area contributed by atoms with Gasteiger partial charge in [0.1, 0.15) is 5.82 Å². The molecule has 86 valence electrons. The maximum absolute atomic E-state index is 13.0. The average Bonchev–Trinajstić information content (AvgIpc) is 2.64. The number of aryl methyl sites for hydroxylation is 1. The summed E-state index contributed by atoms with van der Waals surface area (Å²) in [6.07, 6.45) is 3.52. The Balaban J connectivity index is 0.00000128. The molecule has 0 spiro atoms. The lowest BCUT2D eigenvalue weighted by Crippen LogP contribution is -2.11. The lowest BCUT2D eigenvalue weighted by molar-refractivity contribution is 0.623. The van der Waals surface area contributed by atoms with Crippen molar-refractivity contribution in [2.45, 2.75) is 6.04 Å². The van der Waals surface area contributed by atoms with Crippen LogP contribution < -0.4 is 5.73 Å². The van der Waals surface area contributed by atoms with E-state index in [0.29, 0.717) is 0 Å². The highest BCUT2D eigenvalue weighted by Gasteiger charge is 2.10.